The Bertz CT molecular complexity index is 550. The largest absolute Gasteiger partial charge is 0.487 e. The number of nitrogens with one attached hydrogen (secondary N) is 1. The van der Waals surface area contributed by atoms with Crippen molar-refractivity contribution in [3.8, 4) is 5.75 Å². The molecule has 5 heteroatoms. The zero-order chi connectivity index (χ0) is 15.8. The Morgan fingerprint density at radius 2 is 1.76 bits per heavy atom. The first-order chi connectivity index (χ1) is 9.66. The molecule has 0 aromatic heterocycles. The Morgan fingerprint density at radius 3 is 2.19 bits per heavy atom. The van der Waals surface area contributed by atoms with E-state index in [9.17, 15) is 4.79 Å². The van der Waals surface area contributed by atoms with Crippen LogP contribution in [0.3, 0.4) is 0 Å². The lowest BCUT2D eigenvalue weighted by molar-refractivity contribution is -0.118. The summed E-state index contributed by atoms with van der Waals surface area (Å²) in [7, 11) is 0. The van der Waals surface area contributed by atoms with E-state index >= 15 is 0 Å². The maximum absolute atomic E-state index is 12.3. The maximum atomic E-state index is 12.3. The lowest BCUT2D eigenvalue weighted by Crippen LogP contribution is -2.18. The molecule has 3 N–H and O–H groups in total. The van der Waals surface area contributed by atoms with Crippen molar-refractivity contribution < 1.29 is 9.53 Å². The molecule has 2 rings (SSSR count). The van der Waals surface area contributed by atoms with Crippen molar-refractivity contribution in [2.75, 3.05) is 11.9 Å². The summed E-state index contributed by atoms with van der Waals surface area (Å²) in [6.07, 6.45) is 0. The van der Waals surface area contributed by atoms with E-state index in [1.165, 1.54) is 0 Å². The van der Waals surface area contributed by atoms with Crippen LogP contribution in [0, 0.1) is 16.7 Å². The highest BCUT2D eigenvalue weighted by atomic mass is 32.1. The van der Waals surface area contributed by atoms with E-state index in [0.29, 0.717) is 10.7 Å². The van der Waals surface area contributed by atoms with Gasteiger partial charge in [0.2, 0.25) is 5.91 Å². The molecule has 4 nitrogen and oxygen atoms in total. The molecule has 1 amide bonds. The van der Waals surface area contributed by atoms with E-state index in [1.807, 2.05) is 12.1 Å². The minimum absolute atomic E-state index is 0.0375. The third kappa shape index (κ3) is 3.02. The highest BCUT2D eigenvalue weighted by Gasteiger charge is 2.68. The number of carbonyl (C=O) groups excluding carboxylic acids is 1. The second-order valence-electron chi connectivity index (χ2n) is 6.65. The molecule has 21 heavy (non-hydrogen) atoms. The summed E-state index contributed by atoms with van der Waals surface area (Å²) in [5.74, 6) is 0.783. The summed E-state index contributed by atoms with van der Waals surface area (Å²) in [6, 6.07) is 7.21. The second-order valence-corrected chi connectivity index (χ2v) is 7.17. The second kappa shape index (κ2) is 5.30. The fraction of sp³-hybridized carbons (Fsp3) is 0.500. The average Bonchev–Trinajstić information content (AvgIpc) is 2.78. The van der Waals surface area contributed by atoms with Crippen molar-refractivity contribution >= 4 is 28.8 Å². The number of hydrogen-bond donors (Lipinski definition) is 2. The summed E-state index contributed by atoms with van der Waals surface area (Å²) in [5.41, 5.74) is 6.22. The van der Waals surface area contributed by atoms with Gasteiger partial charge in [-0.2, -0.15) is 0 Å². The van der Waals surface area contributed by atoms with Gasteiger partial charge in [0, 0.05) is 11.6 Å². The number of nitrogens with two attached hydrogens (primary N) is 1. The van der Waals surface area contributed by atoms with Crippen molar-refractivity contribution in [1.29, 1.82) is 0 Å². The predicted octanol–water partition coefficient (Wildman–Crippen LogP) is 2.97. The zero-order valence-electron chi connectivity index (χ0n) is 12.9. The SMILES string of the molecule is CC1(C)C(C(=O)Nc2ccc(OCC(N)=S)cc2)C1(C)C. The van der Waals surface area contributed by atoms with E-state index in [2.05, 4.69) is 33.0 Å². The van der Waals surface area contributed by atoms with Crippen LogP contribution in [-0.2, 0) is 4.79 Å². The summed E-state index contributed by atoms with van der Waals surface area (Å²) in [4.78, 5) is 12.6. The summed E-state index contributed by atoms with van der Waals surface area (Å²) in [5, 5.41) is 2.96. The quantitative estimate of drug-likeness (QED) is 0.821. The Hall–Kier alpha value is -1.62. The van der Waals surface area contributed by atoms with Crippen molar-refractivity contribution in [3.63, 3.8) is 0 Å². The Labute approximate surface area is 131 Å². The normalized spacial score (nSPS) is 18.9. The fourth-order valence-electron chi connectivity index (χ4n) is 2.86. The minimum Gasteiger partial charge on any atom is -0.487 e. The molecular weight excluding hydrogens is 284 g/mol. The number of rotatable bonds is 5. The van der Waals surface area contributed by atoms with Crippen molar-refractivity contribution in [1.82, 2.24) is 0 Å². The van der Waals surface area contributed by atoms with Gasteiger partial charge in [-0.25, -0.2) is 0 Å². The summed E-state index contributed by atoms with van der Waals surface area (Å²) in [6.45, 7) is 8.73. The number of amides is 1. The molecule has 1 fully saturated rings. The highest BCUT2D eigenvalue weighted by Crippen LogP contribution is 2.68. The van der Waals surface area contributed by atoms with Gasteiger partial charge in [0.05, 0.1) is 0 Å². The van der Waals surface area contributed by atoms with Gasteiger partial charge in [-0.3, -0.25) is 4.79 Å². The number of anilines is 1. The van der Waals surface area contributed by atoms with Crippen molar-refractivity contribution in [3.05, 3.63) is 24.3 Å². The number of ether oxygens (including phenoxy) is 1. The van der Waals surface area contributed by atoms with E-state index in [0.717, 1.165) is 5.69 Å². The minimum atomic E-state index is 0.0375. The van der Waals surface area contributed by atoms with Gasteiger partial charge in [-0.1, -0.05) is 39.9 Å². The number of hydrogen-bond acceptors (Lipinski definition) is 3. The van der Waals surface area contributed by atoms with E-state index < -0.39 is 0 Å². The van der Waals surface area contributed by atoms with Gasteiger partial charge < -0.3 is 15.8 Å². The monoisotopic (exact) mass is 306 g/mol. The van der Waals surface area contributed by atoms with Crippen LogP contribution in [0.25, 0.3) is 0 Å². The number of benzene rings is 1. The summed E-state index contributed by atoms with van der Waals surface area (Å²) < 4.78 is 5.37. The van der Waals surface area contributed by atoms with Crippen LogP contribution < -0.4 is 15.8 Å². The first kappa shape index (κ1) is 15.8. The third-order valence-corrected chi connectivity index (χ3v) is 4.90. The molecule has 0 spiro atoms. The van der Waals surface area contributed by atoms with Crippen LogP contribution in [0.15, 0.2) is 24.3 Å². The molecule has 1 aromatic rings. The van der Waals surface area contributed by atoms with Crippen LogP contribution >= 0.6 is 12.2 Å². The predicted molar refractivity (Wildman–Crippen MR) is 88.4 cm³/mol. The standard InChI is InChI=1S/C16H22N2O2S/c1-15(2)13(16(15,3)4)14(19)18-10-5-7-11(8-6-10)20-9-12(17)21/h5-8,13H,9H2,1-4H3,(H2,17,21)(H,18,19). The topological polar surface area (TPSA) is 64.3 Å². The lowest BCUT2D eigenvalue weighted by atomic mass is 10.0. The smallest absolute Gasteiger partial charge is 0.228 e. The van der Waals surface area contributed by atoms with Crippen LogP contribution in [0.1, 0.15) is 27.7 Å². The van der Waals surface area contributed by atoms with Gasteiger partial charge in [0.25, 0.3) is 0 Å². The number of carbonyl (C=O) groups is 1. The highest BCUT2D eigenvalue weighted by molar-refractivity contribution is 7.80. The average molecular weight is 306 g/mol. The molecule has 1 aliphatic rings. The van der Waals surface area contributed by atoms with Gasteiger partial charge in [-0.15, -0.1) is 0 Å². The molecule has 0 atom stereocenters. The molecule has 0 radical (unpaired) electrons. The Morgan fingerprint density at radius 1 is 1.24 bits per heavy atom. The zero-order valence-corrected chi connectivity index (χ0v) is 13.7. The molecule has 114 valence electrons. The number of thiocarbonyl (C=S) groups is 1. The molecule has 0 saturated heterocycles. The molecule has 1 saturated carbocycles. The Kier molecular flexibility index (Phi) is 3.97. The first-order valence-corrected chi connectivity index (χ1v) is 7.39. The van der Waals surface area contributed by atoms with E-state index in [4.69, 9.17) is 22.7 Å². The van der Waals surface area contributed by atoms with Gasteiger partial charge >= 0.3 is 0 Å². The molecule has 0 aliphatic heterocycles. The van der Waals surface area contributed by atoms with Crippen LogP contribution in [0.4, 0.5) is 5.69 Å². The molecular formula is C16H22N2O2S. The van der Waals surface area contributed by atoms with Crippen LogP contribution in [-0.4, -0.2) is 17.5 Å². The van der Waals surface area contributed by atoms with Crippen LogP contribution in [0.2, 0.25) is 0 Å². The molecule has 1 aliphatic carbocycles. The van der Waals surface area contributed by atoms with Gasteiger partial charge in [0.15, 0.2) is 0 Å². The third-order valence-electron chi connectivity index (χ3n) is 4.79. The molecule has 1 aromatic carbocycles. The van der Waals surface area contributed by atoms with Crippen molar-refractivity contribution in [2.24, 2.45) is 22.5 Å². The summed E-state index contributed by atoms with van der Waals surface area (Å²) >= 11 is 4.75. The van der Waals surface area contributed by atoms with Crippen LogP contribution in [0.5, 0.6) is 5.75 Å². The maximum Gasteiger partial charge on any atom is 0.228 e. The fourth-order valence-corrected chi connectivity index (χ4v) is 2.91. The van der Waals surface area contributed by atoms with Crippen molar-refractivity contribution in [2.45, 2.75) is 27.7 Å². The van der Waals surface area contributed by atoms with Gasteiger partial charge in [0.1, 0.15) is 17.3 Å². The molecule has 0 bridgehead atoms. The van der Waals surface area contributed by atoms with Gasteiger partial charge in [-0.05, 0) is 35.1 Å². The molecule has 0 unspecified atom stereocenters. The van der Waals surface area contributed by atoms with E-state index in [1.54, 1.807) is 12.1 Å². The molecule has 0 heterocycles. The first-order valence-electron chi connectivity index (χ1n) is 6.98. The Balaban J connectivity index is 1.95. The lowest BCUT2D eigenvalue weighted by Gasteiger charge is -2.08. The van der Waals surface area contributed by atoms with E-state index in [-0.39, 0.29) is 29.3 Å².